The van der Waals surface area contributed by atoms with Crippen LogP contribution in [0.15, 0.2) is 18.2 Å². The maximum atomic E-state index is 11.0. The normalized spacial score (nSPS) is 12.7. The molecule has 0 aliphatic rings. The number of benzene rings is 1. The average molecular weight is 290 g/mol. The second-order valence-corrected chi connectivity index (χ2v) is 4.91. The molecule has 3 nitrogen and oxygen atoms in total. The van der Waals surface area contributed by atoms with Crippen LogP contribution in [0.5, 0.6) is 0 Å². The highest BCUT2D eigenvalue weighted by molar-refractivity contribution is 6.34. The third kappa shape index (κ3) is 4.16. The van der Waals surface area contributed by atoms with Gasteiger partial charge < -0.3 is 5.11 Å². The van der Waals surface area contributed by atoms with Crippen molar-refractivity contribution in [3.05, 3.63) is 33.8 Å². The lowest BCUT2D eigenvalue weighted by atomic mass is 10.0. The maximum Gasteiger partial charge on any atom is 0.305 e. The number of nitrogens with zero attached hydrogens (tertiary/aromatic N) is 1. The summed E-state index contributed by atoms with van der Waals surface area (Å²) in [6.45, 7) is 5.56. The Labute approximate surface area is 117 Å². The molecule has 0 spiro atoms. The molecule has 0 aliphatic heterocycles. The van der Waals surface area contributed by atoms with E-state index in [0.717, 1.165) is 18.7 Å². The zero-order valence-electron chi connectivity index (χ0n) is 10.5. The molecule has 1 atom stereocenters. The molecule has 0 amide bonds. The molecule has 0 bridgehead atoms. The molecule has 0 radical (unpaired) electrons. The first kappa shape index (κ1) is 15.3. The van der Waals surface area contributed by atoms with Gasteiger partial charge in [0.15, 0.2) is 0 Å². The number of aliphatic carboxylic acids is 1. The predicted molar refractivity (Wildman–Crippen MR) is 74.4 cm³/mol. The molecule has 0 aliphatic carbocycles. The summed E-state index contributed by atoms with van der Waals surface area (Å²) in [5.74, 6) is -0.831. The molecule has 0 aromatic heterocycles. The zero-order valence-corrected chi connectivity index (χ0v) is 12.0. The van der Waals surface area contributed by atoms with Gasteiger partial charge in [-0.05, 0) is 36.9 Å². The SMILES string of the molecule is CCN(CC)C(CC(=O)O)c1cc(Cl)cc(Cl)c1. The minimum Gasteiger partial charge on any atom is -0.481 e. The first-order chi connectivity index (χ1) is 8.47. The van der Waals surface area contributed by atoms with E-state index in [4.69, 9.17) is 28.3 Å². The molecule has 0 saturated heterocycles. The number of hydrogen-bond donors (Lipinski definition) is 1. The highest BCUT2D eigenvalue weighted by Crippen LogP contribution is 2.29. The van der Waals surface area contributed by atoms with Crippen molar-refractivity contribution in [1.29, 1.82) is 0 Å². The van der Waals surface area contributed by atoms with E-state index in [1.807, 2.05) is 13.8 Å². The highest BCUT2D eigenvalue weighted by Gasteiger charge is 2.21. The van der Waals surface area contributed by atoms with E-state index in [2.05, 4.69) is 4.90 Å². The van der Waals surface area contributed by atoms with Gasteiger partial charge in [-0.1, -0.05) is 37.0 Å². The lowest BCUT2D eigenvalue weighted by molar-refractivity contribution is -0.138. The largest absolute Gasteiger partial charge is 0.481 e. The van der Waals surface area contributed by atoms with Crippen molar-refractivity contribution < 1.29 is 9.90 Å². The van der Waals surface area contributed by atoms with Gasteiger partial charge >= 0.3 is 5.97 Å². The number of rotatable bonds is 6. The minimum atomic E-state index is -0.831. The van der Waals surface area contributed by atoms with Gasteiger partial charge in [-0.3, -0.25) is 9.69 Å². The monoisotopic (exact) mass is 289 g/mol. The van der Waals surface area contributed by atoms with Crippen molar-refractivity contribution in [3.8, 4) is 0 Å². The van der Waals surface area contributed by atoms with Gasteiger partial charge in [0.05, 0.1) is 6.42 Å². The summed E-state index contributed by atoms with van der Waals surface area (Å²) >= 11 is 11.9. The number of carboxylic acids is 1. The van der Waals surface area contributed by atoms with Crippen molar-refractivity contribution in [3.63, 3.8) is 0 Å². The number of carboxylic acid groups (broad SMARTS) is 1. The van der Waals surface area contributed by atoms with Crippen molar-refractivity contribution >= 4 is 29.2 Å². The van der Waals surface area contributed by atoms with E-state index >= 15 is 0 Å². The summed E-state index contributed by atoms with van der Waals surface area (Å²) in [6, 6.07) is 5.00. The van der Waals surface area contributed by atoms with Crippen LogP contribution in [-0.4, -0.2) is 29.1 Å². The van der Waals surface area contributed by atoms with Crippen LogP contribution >= 0.6 is 23.2 Å². The first-order valence-electron chi connectivity index (χ1n) is 5.89. The molecule has 1 rings (SSSR count). The van der Waals surface area contributed by atoms with Crippen molar-refractivity contribution in [2.75, 3.05) is 13.1 Å². The molecule has 1 aromatic carbocycles. The maximum absolute atomic E-state index is 11.0. The van der Waals surface area contributed by atoms with Gasteiger partial charge in [-0.2, -0.15) is 0 Å². The Balaban J connectivity index is 3.11. The lowest BCUT2D eigenvalue weighted by Gasteiger charge is -2.29. The second kappa shape index (κ2) is 6.98. The van der Waals surface area contributed by atoms with Gasteiger partial charge in [0.1, 0.15) is 0 Å². The van der Waals surface area contributed by atoms with Crippen LogP contribution in [0.25, 0.3) is 0 Å². The summed E-state index contributed by atoms with van der Waals surface area (Å²) in [5.41, 5.74) is 0.846. The molecular weight excluding hydrogens is 273 g/mol. The topological polar surface area (TPSA) is 40.5 Å². The Kier molecular flexibility index (Phi) is 5.93. The Bertz CT molecular complexity index is 399. The number of carbonyl (C=O) groups is 1. The van der Waals surface area contributed by atoms with Crippen LogP contribution in [0.2, 0.25) is 10.0 Å². The van der Waals surface area contributed by atoms with Crippen molar-refractivity contribution in [2.24, 2.45) is 0 Å². The summed E-state index contributed by atoms with van der Waals surface area (Å²) in [6.07, 6.45) is 0.0400. The minimum absolute atomic E-state index is 0.0400. The molecule has 0 fully saturated rings. The molecular formula is C13H17Cl2NO2. The average Bonchev–Trinajstić information content (AvgIpc) is 2.27. The second-order valence-electron chi connectivity index (χ2n) is 4.04. The molecule has 0 heterocycles. The van der Waals surface area contributed by atoms with Crippen molar-refractivity contribution in [2.45, 2.75) is 26.3 Å². The smallest absolute Gasteiger partial charge is 0.305 e. The Morgan fingerprint density at radius 1 is 1.22 bits per heavy atom. The molecule has 18 heavy (non-hydrogen) atoms. The number of halogens is 2. The predicted octanol–water partition coefficient (Wildman–Crippen LogP) is 3.85. The summed E-state index contributed by atoms with van der Waals surface area (Å²) < 4.78 is 0. The van der Waals surface area contributed by atoms with E-state index in [1.165, 1.54) is 0 Å². The fourth-order valence-corrected chi connectivity index (χ4v) is 2.60. The Morgan fingerprint density at radius 2 is 1.72 bits per heavy atom. The van der Waals surface area contributed by atoms with E-state index in [-0.39, 0.29) is 12.5 Å². The summed E-state index contributed by atoms with van der Waals surface area (Å²) in [5, 5.41) is 10.1. The highest BCUT2D eigenvalue weighted by atomic mass is 35.5. The lowest BCUT2D eigenvalue weighted by Crippen LogP contribution is -2.30. The fourth-order valence-electron chi connectivity index (χ4n) is 2.06. The molecule has 5 heteroatoms. The molecule has 1 aromatic rings. The van der Waals surface area contributed by atoms with Gasteiger partial charge in [0.25, 0.3) is 0 Å². The van der Waals surface area contributed by atoms with Crippen LogP contribution in [0.1, 0.15) is 31.9 Å². The van der Waals surface area contributed by atoms with Crippen LogP contribution in [-0.2, 0) is 4.79 Å². The third-order valence-electron chi connectivity index (χ3n) is 2.89. The third-order valence-corrected chi connectivity index (χ3v) is 3.33. The van der Waals surface area contributed by atoms with Gasteiger partial charge in [-0.15, -0.1) is 0 Å². The molecule has 100 valence electrons. The quantitative estimate of drug-likeness (QED) is 0.865. The van der Waals surface area contributed by atoms with E-state index in [1.54, 1.807) is 18.2 Å². The molecule has 0 saturated carbocycles. The Hall–Kier alpha value is -0.770. The van der Waals surface area contributed by atoms with Gasteiger partial charge in [0.2, 0.25) is 0 Å². The summed E-state index contributed by atoms with van der Waals surface area (Å²) in [7, 11) is 0. The van der Waals surface area contributed by atoms with Gasteiger partial charge in [-0.25, -0.2) is 0 Å². The Morgan fingerprint density at radius 3 is 2.11 bits per heavy atom. The van der Waals surface area contributed by atoms with Crippen LogP contribution < -0.4 is 0 Å². The first-order valence-corrected chi connectivity index (χ1v) is 6.65. The number of hydrogen-bond acceptors (Lipinski definition) is 2. The van der Waals surface area contributed by atoms with Crippen LogP contribution in [0, 0.1) is 0 Å². The van der Waals surface area contributed by atoms with Gasteiger partial charge in [0, 0.05) is 16.1 Å². The standard InChI is InChI=1S/C13H17Cl2NO2/c1-3-16(4-2)12(8-13(17)18)9-5-10(14)7-11(15)6-9/h5-7,12H,3-4,8H2,1-2H3,(H,17,18). The molecule has 1 unspecified atom stereocenters. The molecule has 1 N–H and O–H groups in total. The van der Waals surface area contributed by atoms with Crippen LogP contribution in [0.3, 0.4) is 0 Å². The summed E-state index contributed by atoms with van der Waals surface area (Å²) in [4.78, 5) is 13.1. The van der Waals surface area contributed by atoms with E-state index in [0.29, 0.717) is 10.0 Å². The van der Waals surface area contributed by atoms with Crippen molar-refractivity contribution in [1.82, 2.24) is 4.90 Å². The zero-order chi connectivity index (χ0) is 13.7. The van der Waals surface area contributed by atoms with E-state index < -0.39 is 5.97 Å². The van der Waals surface area contributed by atoms with E-state index in [9.17, 15) is 4.79 Å². The van der Waals surface area contributed by atoms with Crippen LogP contribution in [0.4, 0.5) is 0 Å². The fraction of sp³-hybridized carbons (Fsp3) is 0.462.